The number of amides is 1. The van der Waals surface area contributed by atoms with E-state index in [9.17, 15) is 4.79 Å². The number of hydrogen-bond acceptors (Lipinski definition) is 3. The van der Waals surface area contributed by atoms with Crippen LogP contribution in [-0.4, -0.2) is 43.5 Å². The van der Waals surface area contributed by atoms with Gasteiger partial charge >= 0.3 is 0 Å². The summed E-state index contributed by atoms with van der Waals surface area (Å²) in [6.45, 7) is 7.97. The first kappa shape index (κ1) is 18.0. The van der Waals surface area contributed by atoms with Crippen molar-refractivity contribution in [2.45, 2.75) is 20.3 Å². The maximum absolute atomic E-state index is 12.5. The van der Waals surface area contributed by atoms with Crippen molar-refractivity contribution in [3.63, 3.8) is 0 Å². The van der Waals surface area contributed by atoms with E-state index < -0.39 is 0 Å². The zero-order chi connectivity index (χ0) is 14.6. The van der Waals surface area contributed by atoms with Crippen LogP contribution in [0, 0.1) is 5.41 Å². The van der Waals surface area contributed by atoms with Gasteiger partial charge in [0.25, 0.3) is 0 Å². The molecule has 0 aromatic heterocycles. The summed E-state index contributed by atoms with van der Waals surface area (Å²) in [5, 5.41) is 0. The topological polar surface area (TPSA) is 49.6 Å². The third-order valence-electron chi connectivity index (χ3n) is 4.17. The Kier molecular flexibility index (Phi) is 6.65. The van der Waals surface area contributed by atoms with Crippen molar-refractivity contribution in [3.05, 3.63) is 30.3 Å². The molecule has 1 heterocycles. The van der Waals surface area contributed by atoms with E-state index in [1.54, 1.807) is 0 Å². The molecular weight excluding hydrogens is 286 g/mol. The van der Waals surface area contributed by atoms with Crippen LogP contribution >= 0.6 is 12.4 Å². The van der Waals surface area contributed by atoms with E-state index >= 15 is 0 Å². The number of rotatable bonds is 5. The van der Waals surface area contributed by atoms with E-state index in [-0.39, 0.29) is 23.7 Å². The third-order valence-corrected chi connectivity index (χ3v) is 4.17. The van der Waals surface area contributed by atoms with Gasteiger partial charge in [-0.3, -0.25) is 9.69 Å². The highest BCUT2D eigenvalue weighted by molar-refractivity contribution is 5.94. The number of carbonyl (C=O) groups excluding carboxylic acids is 1. The number of benzene rings is 1. The summed E-state index contributed by atoms with van der Waals surface area (Å²) in [4.78, 5) is 16.6. The van der Waals surface area contributed by atoms with E-state index in [4.69, 9.17) is 5.73 Å². The van der Waals surface area contributed by atoms with Crippen LogP contribution in [0.15, 0.2) is 30.3 Å². The normalized spacial score (nSPS) is 21.9. The van der Waals surface area contributed by atoms with Gasteiger partial charge in [-0.2, -0.15) is 0 Å². The van der Waals surface area contributed by atoms with Gasteiger partial charge in [0.1, 0.15) is 0 Å². The number of carbonyl (C=O) groups is 1. The van der Waals surface area contributed by atoms with E-state index in [0.29, 0.717) is 19.6 Å². The fraction of sp³-hybridized carbons (Fsp3) is 0.562. The smallest absolute Gasteiger partial charge is 0.241 e. The molecule has 0 aliphatic carbocycles. The van der Waals surface area contributed by atoms with Crippen molar-refractivity contribution in [1.82, 2.24) is 4.90 Å². The Balaban J connectivity index is 0.00000220. The maximum atomic E-state index is 12.5. The quantitative estimate of drug-likeness (QED) is 0.906. The largest absolute Gasteiger partial charge is 0.330 e. The fourth-order valence-electron chi connectivity index (χ4n) is 2.82. The van der Waals surface area contributed by atoms with Gasteiger partial charge < -0.3 is 10.6 Å². The Morgan fingerprint density at radius 1 is 1.38 bits per heavy atom. The van der Waals surface area contributed by atoms with Gasteiger partial charge in [-0.1, -0.05) is 25.1 Å². The number of likely N-dealkylation sites (N-methyl/N-ethyl adjacent to an activating group) is 1. The molecule has 2 rings (SSSR count). The van der Waals surface area contributed by atoms with E-state index in [1.807, 2.05) is 42.2 Å². The molecule has 118 valence electrons. The zero-order valence-electron chi connectivity index (χ0n) is 12.9. The molecule has 1 atom stereocenters. The minimum absolute atomic E-state index is 0. The van der Waals surface area contributed by atoms with Gasteiger partial charge in [0, 0.05) is 18.8 Å². The molecule has 2 N–H and O–H groups in total. The minimum atomic E-state index is 0. The summed E-state index contributed by atoms with van der Waals surface area (Å²) >= 11 is 0. The lowest BCUT2D eigenvalue weighted by atomic mass is 9.90. The Hall–Kier alpha value is -1.10. The molecule has 4 nitrogen and oxygen atoms in total. The monoisotopic (exact) mass is 311 g/mol. The Morgan fingerprint density at radius 2 is 2.05 bits per heavy atom. The number of anilines is 1. The second kappa shape index (κ2) is 7.78. The number of likely N-dealkylation sites (tertiary alicyclic amines) is 1. The summed E-state index contributed by atoms with van der Waals surface area (Å²) in [5.74, 6) is 0.167. The molecule has 1 aliphatic heterocycles. The SMILES string of the molecule is CCN(C(=O)CN1CCC(C)(CN)C1)c1ccccc1.Cl. The molecule has 0 saturated carbocycles. The van der Waals surface area contributed by atoms with Crippen molar-refractivity contribution in [2.24, 2.45) is 11.1 Å². The average molecular weight is 312 g/mol. The second-order valence-corrected chi connectivity index (χ2v) is 5.95. The zero-order valence-corrected chi connectivity index (χ0v) is 13.7. The molecule has 1 aromatic carbocycles. The Morgan fingerprint density at radius 3 is 2.57 bits per heavy atom. The summed E-state index contributed by atoms with van der Waals surface area (Å²) < 4.78 is 0. The van der Waals surface area contributed by atoms with Crippen LogP contribution < -0.4 is 10.6 Å². The third kappa shape index (κ3) is 4.43. The maximum Gasteiger partial charge on any atom is 0.241 e. The Labute approximate surface area is 133 Å². The summed E-state index contributed by atoms with van der Waals surface area (Å²) in [6.07, 6.45) is 1.08. The van der Waals surface area contributed by atoms with Gasteiger partial charge in [-0.15, -0.1) is 12.4 Å². The molecule has 1 saturated heterocycles. The first-order chi connectivity index (χ1) is 9.58. The summed E-state index contributed by atoms with van der Waals surface area (Å²) in [6, 6.07) is 9.86. The van der Waals surface area contributed by atoms with Gasteiger partial charge in [-0.25, -0.2) is 0 Å². The molecule has 21 heavy (non-hydrogen) atoms. The first-order valence-corrected chi connectivity index (χ1v) is 7.36. The molecule has 1 aliphatic rings. The summed E-state index contributed by atoms with van der Waals surface area (Å²) in [7, 11) is 0. The van der Waals surface area contributed by atoms with Crippen LogP contribution in [0.3, 0.4) is 0 Å². The van der Waals surface area contributed by atoms with Crippen LogP contribution in [0.1, 0.15) is 20.3 Å². The van der Waals surface area contributed by atoms with E-state index in [1.165, 1.54) is 0 Å². The molecule has 0 spiro atoms. The lowest BCUT2D eigenvalue weighted by Gasteiger charge is -2.26. The molecule has 1 fully saturated rings. The van der Waals surface area contributed by atoms with Gasteiger partial charge in [-0.05, 0) is 44.0 Å². The van der Waals surface area contributed by atoms with E-state index in [0.717, 1.165) is 25.2 Å². The highest BCUT2D eigenvalue weighted by Crippen LogP contribution is 2.28. The fourth-order valence-corrected chi connectivity index (χ4v) is 2.82. The molecule has 1 amide bonds. The molecule has 1 aromatic rings. The molecule has 1 unspecified atom stereocenters. The predicted molar refractivity (Wildman–Crippen MR) is 89.9 cm³/mol. The van der Waals surface area contributed by atoms with Crippen LogP contribution in [0.2, 0.25) is 0 Å². The van der Waals surface area contributed by atoms with Crippen LogP contribution in [0.4, 0.5) is 5.69 Å². The second-order valence-electron chi connectivity index (χ2n) is 5.95. The lowest BCUT2D eigenvalue weighted by Crippen LogP contribution is -2.41. The standard InChI is InChI=1S/C16H25N3O.ClH/c1-3-19(14-7-5-4-6-8-14)15(20)11-18-10-9-16(2,12-17)13-18;/h4-8H,3,9-13,17H2,1-2H3;1H. The van der Waals surface area contributed by atoms with Gasteiger partial charge in [0.05, 0.1) is 6.54 Å². The lowest BCUT2D eigenvalue weighted by molar-refractivity contribution is -0.119. The molecular formula is C16H26ClN3O. The van der Waals surface area contributed by atoms with Crippen molar-refractivity contribution in [1.29, 1.82) is 0 Å². The molecule has 5 heteroatoms. The predicted octanol–water partition coefficient (Wildman–Crippen LogP) is 2.13. The van der Waals surface area contributed by atoms with Crippen molar-refractivity contribution in [3.8, 4) is 0 Å². The number of para-hydroxylation sites is 1. The van der Waals surface area contributed by atoms with Gasteiger partial charge in [0.15, 0.2) is 0 Å². The highest BCUT2D eigenvalue weighted by atomic mass is 35.5. The average Bonchev–Trinajstić information content (AvgIpc) is 2.83. The highest BCUT2D eigenvalue weighted by Gasteiger charge is 2.33. The van der Waals surface area contributed by atoms with Crippen molar-refractivity contribution < 1.29 is 4.79 Å². The van der Waals surface area contributed by atoms with E-state index in [2.05, 4.69) is 11.8 Å². The number of nitrogens with zero attached hydrogens (tertiary/aromatic N) is 2. The number of hydrogen-bond donors (Lipinski definition) is 1. The number of halogens is 1. The van der Waals surface area contributed by atoms with Crippen molar-refractivity contribution >= 4 is 24.0 Å². The molecule has 0 radical (unpaired) electrons. The van der Waals surface area contributed by atoms with Crippen LogP contribution in [0.5, 0.6) is 0 Å². The number of nitrogens with two attached hydrogens (primary N) is 1. The van der Waals surface area contributed by atoms with Gasteiger partial charge in [0.2, 0.25) is 5.91 Å². The van der Waals surface area contributed by atoms with Crippen LogP contribution in [0.25, 0.3) is 0 Å². The first-order valence-electron chi connectivity index (χ1n) is 7.36. The van der Waals surface area contributed by atoms with Crippen molar-refractivity contribution in [2.75, 3.05) is 37.6 Å². The minimum Gasteiger partial charge on any atom is -0.330 e. The summed E-state index contributed by atoms with van der Waals surface area (Å²) in [5.41, 5.74) is 6.96. The Bertz CT molecular complexity index is 454. The van der Waals surface area contributed by atoms with Crippen LogP contribution in [-0.2, 0) is 4.79 Å². The molecule has 0 bridgehead atoms.